The first kappa shape index (κ1) is 13.6. The normalized spacial score (nSPS) is 10.5. The third-order valence-electron chi connectivity index (χ3n) is 2.47. The molecular weight excluding hydrogens is 316 g/mol. The molecule has 0 atom stereocenters. The minimum atomic E-state index is -0.550. The fourth-order valence-electron chi connectivity index (χ4n) is 1.74. The number of halogens is 1. The van der Waals surface area contributed by atoms with Gasteiger partial charge in [-0.1, -0.05) is 15.9 Å². The number of esters is 1. The number of hydrogen-bond donors (Lipinski definition) is 0. The molecule has 0 saturated carbocycles. The molecule has 0 saturated heterocycles. The van der Waals surface area contributed by atoms with E-state index in [0.717, 1.165) is 0 Å². The van der Waals surface area contributed by atoms with Gasteiger partial charge in [0, 0.05) is 13.0 Å². The summed E-state index contributed by atoms with van der Waals surface area (Å²) >= 11 is 3.22. The Balaban J connectivity index is 2.78. The first-order valence-electron chi connectivity index (χ1n) is 5.44. The SMILES string of the molecule is COc1cc(OC(C)=O)c2c(=O)oc(CBr)cc2c1. The van der Waals surface area contributed by atoms with E-state index in [9.17, 15) is 9.59 Å². The number of benzene rings is 1. The number of fused-ring (bicyclic) bond motifs is 1. The molecule has 19 heavy (non-hydrogen) atoms. The third-order valence-corrected chi connectivity index (χ3v) is 3.02. The van der Waals surface area contributed by atoms with Crippen LogP contribution in [0.3, 0.4) is 0 Å². The molecule has 0 aliphatic carbocycles. The summed E-state index contributed by atoms with van der Waals surface area (Å²) in [7, 11) is 1.50. The second-order valence-corrected chi connectivity index (χ2v) is 4.38. The van der Waals surface area contributed by atoms with Crippen LogP contribution in [0.1, 0.15) is 12.7 Å². The zero-order valence-electron chi connectivity index (χ0n) is 10.4. The first-order chi connectivity index (χ1) is 9.05. The van der Waals surface area contributed by atoms with Crippen molar-refractivity contribution in [2.24, 2.45) is 0 Å². The van der Waals surface area contributed by atoms with Crippen LogP contribution in [0.4, 0.5) is 0 Å². The zero-order chi connectivity index (χ0) is 14.0. The van der Waals surface area contributed by atoms with E-state index in [1.54, 1.807) is 12.1 Å². The summed E-state index contributed by atoms with van der Waals surface area (Å²) in [5.41, 5.74) is -0.550. The van der Waals surface area contributed by atoms with E-state index in [0.29, 0.717) is 22.2 Å². The maximum absolute atomic E-state index is 11.9. The molecule has 0 fully saturated rings. The molecule has 0 N–H and O–H groups in total. The smallest absolute Gasteiger partial charge is 0.347 e. The van der Waals surface area contributed by atoms with Crippen molar-refractivity contribution in [3.8, 4) is 11.5 Å². The fraction of sp³-hybridized carbons (Fsp3) is 0.231. The molecule has 0 amide bonds. The summed E-state index contributed by atoms with van der Waals surface area (Å²) in [6, 6.07) is 4.86. The Morgan fingerprint density at radius 2 is 2.11 bits per heavy atom. The van der Waals surface area contributed by atoms with Gasteiger partial charge in [-0.05, 0) is 17.5 Å². The highest BCUT2D eigenvalue weighted by Crippen LogP contribution is 2.30. The van der Waals surface area contributed by atoms with E-state index in [2.05, 4.69) is 15.9 Å². The maximum Gasteiger partial charge on any atom is 0.347 e. The van der Waals surface area contributed by atoms with Gasteiger partial charge in [-0.2, -0.15) is 0 Å². The van der Waals surface area contributed by atoms with Crippen LogP contribution in [-0.2, 0) is 10.1 Å². The summed E-state index contributed by atoms with van der Waals surface area (Å²) in [5.74, 6) is 0.602. The summed E-state index contributed by atoms with van der Waals surface area (Å²) in [6.07, 6.45) is 0. The molecule has 0 unspecified atom stereocenters. The molecule has 100 valence electrons. The fourth-order valence-corrected chi connectivity index (χ4v) is 2.01. The first-order valence-corrected chi connectivity index (χ1v) is 6.56. The predicted octanol–water partition coefficient (Wildman–Crippen LogP) is 2.62. The Bertz CT molecular complexity index is 684. The van der Waals surface area contributed by atoms with Gasteiger partial charge in [-0.15, -0.1) is 0 Å². The number of rotatable bonds is 3. The van der Waals surface area contributed by atoms with Crippen molar-refractivity contribution in [1.82, 2.24) is 0 Å². The maximum atomic E-state index is 11.9. The van der Waals surface area contributed by atoms with Crippen molar-refractivity contribution in [1.29, 1.82) is 0 Å². The number of alkyl halides is 1. The molecule has 1 aromatic carbocycles. The molecule has 5 nitrogen and oxygen atoms in total. The van der Waals surface area contributed by atoms with Crippen molar-refractivity contribution in [2.75, 3.05) is 7.11 Å². The van der Waals surface area contributed by atoms with Gasteiger partial charge in [-0.3, -0.25) is 4.79 Å². The molecule has 0 radical (unpaired) electrons. The van der Waals surface area contributed by atoms with Crippen LogP contribution in [0.2, 0.25) is 0 Å². The average Bonchev–Trinajstić information content (AvgIpc) is 2.36. The van der Waals surface area contributed by atoms with Crippen LogP contribution < -0.4 is 15.1 Å². The molecule has 0 bridgehead atoms. The lowest BCUT2D eigenvalue weighted by Crippen LogP contribution is -2.08. The summed E-state index contributed by atoms with van der Waals surface area (Å²) in [5, 5.41) is 1.24. The van der Waals surface area contributed by atoms with Crippen LogP contribution in [0.25, 0.3) is 10.8 Å². The van der Waals surface area contributed by atoms with Gasteiger partial charge < -0.3 is 13.9 Å². The highest BCUT2D eigenvalue weighted by atomic mass is 79.9. The highest BCUT2D eigenvalue weighted by Gasteiger charge is 2.14. The van der Waals surface area contributed by atoms with Gasteiger partial charge >= 0.3 is 11.6 Å². The Labute approximate surface area is 117 Å². The molecule has 2 rings (SSSR count). The van der Waals surface area contributed by atoms with E-state index >= 15 is 0 Å². The van der Waals surface area contributed by atoms with E-state index < -0.39 is 11.6 Å². The Kier molecular flexibility index (Phi) is 3.90. The molecule has 1 aromatic heterocycles. The van der Waals surface area contributed by atoms with Gasteiger partial charge in [-0.25, -0.2) is 4.79 Å². The van der Waals surface area contributed by atoms with Crippen molar-refractivity contribution >= 4 is 32.7 Å². The van der Waals surface area contributed by atoms with Crippen LogP contribution in [0, 0.1) is 0 Å². The predicted molar refractivity (Wildman–Crippen MR) is 73.0 cm³/mol. The number of carbonyl (C=O) groups is 1. The van der Waals surface area contributed by atoms with Crippen molar-refractivity contribution in [3.05, 3.63) is 34.4 Å². The van der Waals surface area contributed by atoms with E-state index in [1.165, 1.54) is 20.1 Å². The minimum Gasteiger partial charge on any atom is -0.497 e. The molecular formula is C13H11BrO5. The van der Waals surface area contributed by atoms with Gasteiger partial charge in [0.05, 0.1) is 12.4 Å². The van der Waals surface area contributed by atoms with E-state index in [-0.39, 0.29) is 11.1 Å². The van der Waals surface area contributed by atoms with Gasteiger partial charge in [0.25, 0.3) is 0 Å². The Hall–Kier alpha value is -1.82. The largest absolute Gasteiger partial charge is 0.497 e. The monoisotopic (exact) mass is 326 g/mol. The second-order valence-electron chi connectivity index (χ2n) is 3.82. The number of carbonyl (C=O) groups excluding carboxylic acids is 1. The number of methoxy groups -OCH3 is 1. The zero-order valence-corrected chi connectivity index (χ0v) is 11.9. The molecule has 0 aliphatic rings. The van der Waals surface area contributed by atoms with E-state index in [1.807, 2.05) is 0 Å². The Morgan fingerprint density at radius 1 is 1.37 bits per heavy atom. The second kappa shape index (κ2) is 5.44. The average molecular weight is 327 g/mol. The van der Waals surface area contributed by atoms with Crippen LogP contribution in [-0.4, -0.2) is 13.1 Å². The summed E-state index contributed by atoms with van der Waals surface area (Å²) < 4.78 is 15.3. The van der Waals surface area contributed by atoms with Gasteiger partial charge in [0.15, 0.2) is 0 Å². The van der Waals surface area contributed by atoms with Crippen LogP contribution >= 0.6 is 15.9 Å². The lowest BCUT2D eigenvalue weighted by atomic mass is 10.1. The summed E-state index contributed by atoms with van der Waals surface area (Å²) in [4.78, 5) is 23.0. The quantitative estimate of drug-likeness (QED) is 0.493. The minimum absolute atomic E-state index is 0.136. The van der Waals surface area contributed by atoms with Crippen molar-refractivity contribution < 1.29 is 18.7 Å². The van der Waals surface area contributed by atoms with Crippen molar-refractivity contribution in [2.45, 2.75) is 12.3 Å². The highest BCUT2D eigenvalue weighted by molar-refractivity contribution is 9.08. The molecule has 1 heterocycles. The lowest BCUT2D eigenvalue weighted by Gasteiger charge is -2.08. The van der Waals surface area contributed by atoms with E-state index in [4.69, 9.17) is 13.9 Å². The molecule has 0 spiro atoms. The standard InChI is InChI=1S/C13H11BrO5/c1-7(15)18-11-5-9(17-2)3-8-4-10(6-14)19-13(16)12(8)11/h3-5H,6H2,1-2H3. The molecule has 2 aromatic rings. The number of ether oxygens (including phenoxy) is 2. The third kappa shape index (κ3) is 2.78. The Morgan fingerprint density at radius 3 is 2.68 bits per heavy atom. The topological polar surface area (TPSA) is 65.7 Å². The van der Waals surface area contributed by atoms with Crippen LogP contribution in [0.15, 0.2) is 27.4 Å². The lowest BCUT2D eigenvalue weighted by molar-refractivity contribution is -0.131. The van der Waals surface area contributed by atoms with Crippen LogP contribution in [0.5, 0.6) is 11.5 Å². The van der Waals surface area contributed by atoms with Gasteiger partial charge in [0.1, 0.15) is 22.6 Å². The van der Waals surface area contributed by atoms with Gasteiger partial charge in [0.2, 0.25) is 0 Å². The molecule has 6 heteroatoms. The number of hydrogen-bond acceptors (Lipinski definition) is 5. The summed E-state index contributed by atoms with van der Waals surface area (Å²) in [6.45, 7) is 1.26. The van der Waals surface area contributed by atoms with Crippen molar-refractivity contribution in [3.63, 3.8) is 0 Å². The molecule has 0 aliphatic heterocycles.